The molecule has 21 heavy (non-hydrogen) atoms. The van der Waals surface area contributed by atoms with Crippen LogP contribution in [0.2, 0.25) is 0 Å². The number of carbonyl (C=O) groups excluding carboxylic acids is 1. The summed E-state index contributed by atoms with van der Waals surface area (Å²) in [5, 5.41) is 5.82. The fourth-order valence-electron chi connectivity index (χ4n) is 1.54. The Morgan fingerprint density at radius 2 is 2.19 bits per heavy atom. The van der Waals surface area contributed by atoms with Gasteiger partial charge in [0.05, 0.1) is 10.6 Å². The first-order valence-corrected chi connectivity index (χ1v) is 7.81. The molecular formula is C13H19Cl2N3OS2. The van der Waals surface area contributed by atoms with Gasteiger partial charge >= 0.3 is 0 Å². The lowest BCUT2D eigenvalue weighted by molar-refractivity contribution is 0.0952. The Hall–Kier alpha value is -0.660. The summed E-state index contributed by atoms with van der Waals surface area (Å²) in [5.41, 5.74) is 6.32. The number of halogens is 2. The molecule has 2 aromatic heterocycles. The molecule has 2 aromatic rings. The lowest BCUT2D eigenvalue weighted by atomic mass is 10.2. The smallest absolute Gasteiger partial charge is 0.263 e. The second kappa shape index (κ2) is 9.38. The van der Waals surface area contributed by atoms with Crippen LogP contribution in [-0.2, 0) is 0 Å². The van der Waals surface area contributed by atoms with Gasteiger partial charge in [0.25, 0.3) is 5.91 Å². The number of nitrogens with zero attached hydrogens (tertiary/aromatic N) is 1. The van der Waals surface area contributed by atoms with E-state index in [0.717, 1.165) is 15.6 Å². The molecule has 3 N–H and O–H groups in total. The SMILES string of the molecule is Cc1nc(-c2cccs2)sc1C(=O)NCC(C)CN.Cl.Cl. The summed E-state index contributed by atoms with van der Waals surface area (Å²) in [5.74, 6) is 0.229. The van der Waals surface area contributed by atoms with Crippen LogP contribution in [0.4, 0.5) is 0 Å². The van der Waals surface area contributed by atoms with Crippen molar-refractivity contribution in [3.8, 4) is 9.88 Å². The van der Waals surface area contributed by atoms with Crippen molar-refractivity contribution >= 4 is 53.4 Å². The van der Waals surface area contributed by atoms with Crippen molar-refractivity contribution in [3.63, 3.8) is 0 Å². The van der Waals surface area contributed by atoms with Crippen molar-refractivity contribution in [2.45, 2.75) is 13.8 Å². The molecule has 1 unspecified atom stereocenters. The molecule has 2 rings (SSSR count). The van der Waals surface area contributed by atoms with Crippen molar-refractivity contribution in [3.05, 3.63) is 28.1 Å². The van der Waals surface area contributed by atoms with Gasteiger partial charge in [-0.15, -0.1) is 47.5 Å². The molecule has 1 atom stereocenters. The average Bonchev–Trinajstić information content (AvgIpc) is 3.04. The molecule has 0 bridgehead atoms. The van der Waals surface area contributed by atoms with E-state index in [2.05, 4.69) is 10.3 Å². The minimum Gasteiger partial charge on any atom is -0.351 e. The van der Waals surface area contributed by atoms with Gasteiger partial charge in [0.15, 0.2) is 0 Å². The Bertz CT molecular complexity index is 558. The molecule has 4 nitrogen and oxygen atoms in total. The number of hydrogen-bond acceptors (Lipinski definition) is 5. The van der Waals surface area contributed by atoms with Crippen molar-refractivity contribution in [1.29, 1.82) is 0 Å². The third kappa shape index (κ3) is 5.23. The van der Waals surface area contributed by atoms with Gasteiger partial charge in [0.2, 0.25) is 0 Å². The number of aryl methyl sites for hydroxylation is 1. The zero-order valence-corrected chi connectivity index (χ0v) is 15.1. The molecule has 0 aliphatic heterocycles. The Morgan fingerprint density at radius 3 is 2.76 bits per heavy atom. The quantitative estimate of drug-likeness (QED) is 0.851. The molecule has 0 saturated carbocycles. The summed E-state index contributed by atoms with van der Waals surface area (Å²) in [7, 11) is 0. The topological polar surface area (TPSA) is 68.0 Å². The summed E-state index contributed by atoms with van der Waals surface area (Å²) in [6.07, 6.45) is 0. The molecule has 0 aliphatic rings. The van der Waals surface area contributed by atoms with E-state index in [1.165, 1.54) is 11.3 Å². The highest BCUT2D eigenvalue weighted by Gasteiger charge is 2.16. The van der Waals surface area contributed by atoms with E-state index in [1.54, 1.807) is 11.3 Å². The Labute approximate surface area is 145 Å². The minimum absolute atomic E-state index is 0. The van der Waals surface area contributed by atoms with Gasteiger partial charge in [-0.1, -0.05) is 13.0 Å². The van der Waals surface area contributed by atoms with Gasteiger partial charge in [0.1, 0.15) is 9.88 Å². The van der Waals surface area contributed by atoms with Gasteiger partial charge in [-0.25, -0.2) is 4.98 Å². The number of carbonyl (C=O) groups is 1. The minimum atomic E-state index is -0.0573. The lowest BCUT2D eigenvalue weighted by Crippen LogP contribution is -2.31. The highest BCUT2D eigenvalue weighted by atomic mass is 35.5. The van der Waals surface area contributed by atoms with Crippen LogP contribution in [0.15, 0.2) is 17.5 Å². The second-order valence-electron chi connectivity index (χ2n) is 4.46. The molecule has 2 heterocycles. The van der Waals surface area contributed by atoms with E-state index in [-0.39, 0.29) is 36.6 Å². The molecule has 0 aliphatic carbocycles. The second-order valence-corrected chi connectivity index (χ2v) is 6.41. The summed E-state index contributed by atoms with van der Waals surface area (Å²) in [4.78, 5) is 18.3. The molecule has 1 amide bonds. The summed E-state index contributed by atoms with van der Waals surface area (Å²) < 4.78 is 0. The number of thiazole rings is 1. The van der Waals surface area contributed by atoms with Crippen LogP contribution in [0.5, 0.6) is 0 Å². The van der Waals surface area contributed by atoms with Gasteiger partial charge in [0, 0.05) is 6.54 Å². The molecule has 0 fully saturated rings. The van der Waals surface area contributed by atoms with Crippen LogP contribution in [0, 0.1) is 12.8 Å². The third-order valence-electron chi connectivity index (χ3n) is 2.75. The van der Waals surface area contributed by atoms with E-state index in [0.29, 0.717) is 18.0 Å². The van der Waals surface area contributed by atoms with Crippen molar-refractivity contribution in [1.82, 2.24) is 10.3 Å². The monoisotopic (exact) mass is 367 g/mol. The predicted molar refractivity (Wildman–Crippen MR) is 95.2 cm³/mol. The predicted octanol–water partition coefficient (Wildman–Crippen LogP) is 3.35. The highest BCUT2D eigenvalue weighted by molar-refractivity contribution is 7.22. The number of nitrogens with two attached hydrogens (primary N) is 1. The molecule has 0 aromatic carbocycles. The first-order chi connectivity index (χ1) is 9.11. The Morgan fingerprint density at radius 1 is 1.48 bits per heavy atom. The normalized spacial score (nSPS) is 11.2. The maximum absolute atomic E-state index is 12.1. The maximum atomic E-state index is 12.1. The third-order valence-corrected chi connectivity index (χ3v) is 4.94. The van der Waals surface area contributed by atoms with Crippen LogP contribution in [-0.4, -0.2) is 24.0 Å². The van der Waals surface area contributed by atoms with Gasteiger partial charge in [-0.05, 0) is 30.8 Å². The molecular weight excluding hydrogens is 349 g/mol. The standard InChI is InChI=1S/C13H17N3OS2.2ClH/c1-8(6-14)7-15-12(17)11-9(2)16-13(19-11)10-4-3-5-18-10;;/h3-5,8H,6-7,14H2,1-2H3,(H,15,17);2*1H. The highest BCUT2D eigenvalue weighted by Crippen LogP contribution is 2.30. The maximum Gasteiger partial charge on any atom is 0.263 e. The van der Waals surface area contributed by atoms with Crippen LogP contribution in [0.1, 0.15) is 22.3 Å². The number of rotatable bonds is 5. The first kappa shape index (κ1) is 20.3. The van der Waals surface area contributed by atoms with E-state index in [9.17, 15) is 4.79 Å². The first-order valence-electron chi connectivity index (χ1n) is 6.11. The van der Waals surface area contributed by atoms with Crippen LogP contribution in [0.25, 0.3) is 9.88 Å². The largest absolute Gasteiger partial charge is 0.351 e. The van der Waals surface area contributed by atoms with Crippen LogP contribution < -0.4 is 11.1 Å². The summed E-state index contributed by atoms with van der Waals surface area (Å²) in [6, 6.07) is 4.00. The van der Waals surface area contributed by atoms with Crippen molar-refractivity contribution in [2.24, 2.45) is 11.7 Å². The van der Waals surface area contributed by atoms with E-state index in [4.69, 9.17) is 5.73 Å². The number of amides is 1. The number of hydrogen-bond donors (Lipinski definition) is 2. The number of aromatic nitrogens is 1. The average molecular weight is 368 g/mol. The Balaban J connectivity index is 0.00000200. The fourth-order valence-corrected chi connectivity index (χ4v) is 3.32. The van der Waals surface area contributed by atoms with Crippen molar-refractivity contribution < 1.29 is 4.79 Å². The van der Waals surface area contributed by atoms with E-state index < -0.39 is 0 Å². The van der Waals surface area contributed by atoms with Crippen molar-refractivity contribution in [2.75, 3.05) is 13.1 Å². The number of nitrogens with one attached hydrogen (secondary N) is 1. The van der Waals surface area contributed by atoms with Gasteiger partial charge in [-0.3, -0.25) is 4.79 Å². The summed E-state index contributed by atoms with van der Waals surface area (Å²) in [6.45, 7) is 5.05. The molecule has 0 saturated heterocycles. The Kier molecular flexibility index (Phi) is 9.08. The molecule has 0 radical (unpaired) electrons. The zero-order valence-electron chi connectivity index (χ0n) is 11.8. The molecule has 118 valence electrons. The fraction of sp³-hybridized carbons (Fsp3) is 0.385. The van der Waals surface area contributed by atoms with Crippen LogP contribution >= 0.6 is 47.5 Å². The van der Waals surface area contributed by atoms with Gasteiger partial charge < -0.3 is 11.1 Å². The molecule has 0 spiro atoms. The van der Waals surface area contributed by atoms with Crippen LogP contribution in [0.3, 0.4) is 0 Å². The van der Waals surface area contributed by atoms with E-state index >= 15 is 0 Å². The van der Waals surface area contributed by atoms with E-state index in [1.807, 2.05) is 31.4 Å². The summed E-state index contributed by atoms with van der Waals surface area (Å²) >= 11 is 3.07. The zero-order chi connectivity index (χ0) is 13.8. The lowest BCUT2D eigenvalue weighted by Gasteiger charge is -2.09. The van der Waals surface area contributed by atoms with Gasteiger partial charge in [-0.2, -0.15) is 0 Å². The molecule has 8 heteroatoms. The number of thiophene rings is 1.